The van der Waals surface area contributed by atoms with Gasteiger partial charge in [0, 0.05) is 17.1 Å². The van der Waals surface area contributed by atoms with Crippen molar-refractivity contribution in [3.8, 4) is 6.07 Å². The summed E-state index contributed by atoms with van der Waals surface area (Å²) in [6.07, 6.45) is 0.861. The van der Waals surface area contributed by atoms with Gasteiger partial charge in [-0.25, -0.2) is 8.42 Å². The molecule has 0 saturated heterocycles. The molecule has 0 radical (unpaired) electrons. The first-order valence-electron chi connectivity index (χ1n) is 8.49. The van der Waals surface area contributed by atoms with Gasteiger partial charge in [0.25, 0.3) is 10.0 Å². The normalized spacial score (nSPS) is 10.8. The number of hydrogen-bond acceptors (Lipinski definition) is 4. The molecule has 5 nitrogen and oxygen atoms in total. The van der Waals surface area contributed by atoms with Crippen LogP contribution in [0.2, 0.25) is 0 Å². The Morgan fingerprint density at radius 1 is 0.889 bits per heavy atom. The topological polar surface area (TPSA) is 82.0 Å². The smallest absolute Gasteiger partial charge is 0.261 e. The fourth-order valence-corrected chi connectivity index (χ4v) is 3.63. The molecule has 0 aliphatic carbocycles. The van der Waals surface area contributed by atoms with E-state index >= 15 is 0 Å². The molecule has 3 aromatic carbocycles. The summed E-state index contributed by atoms with van der Waals surface area (Å²) in [5.41, 5.74) is 3.72. The Bertz CT molecular complexity index is 1070. The quantitative estimate of drug-likeness (QED) is 0.654. The summed E-state index contributed by atoms with van der Waals surface area (Å²) in [6, 6.07) is 23.0. The molecule has 0 unspecified atom stereocenters. The van der Waals surface area contributed by atoms with Gasteiger partial charge < -0.3 is 5.32 Å². The van der Waals surface area contributed by atoms with Crippen LogP contribution < -0.4 is 10.0 Å². The molecule has 0 atom stereocenters. The van der Waals surface area contributed by atoms with Gasteiger partial charge in [0.1, 0.15) is 0 Å². The lowest BCUT2D eigenvalue weighted by Crippen LogP contribution is -2.12. The number of nitrogens with one attached hydrogen (secondary N) is 2. The summed E-state index contributed by atoms with van der Waals surface area (Å²) >= 11 is 0. The number of nitrogens with zero attached hydrogens (tertiary/aromatic N) is 1. The molecular formula is C21H19N3O2S. The lowest BCUT2D eigenvalue weighted by atomic mass is 10.2. The average molecular weight is 377 g/mol. The van der Waals surface area contributed by atoms with Crippen LogP contribution in [-0.4, -0.2) is 8.42 Å². The Kier molecular flexibility index (Phi) is 5.43. The monoisotopic (exact) mass is 377 g/mol. The number of hydrogen-bond donors (Lipinski definition) is 2. The molecule has 3 aromatic rings. The molecule has 0 aliphatic heterocycles. The Morgan fingerprint density at radius 2 is 1.56 bits per heavy atom. The van der Waals surface area contributed by atoms with Crippen LogP contribution in [0.4, 0.5) is 17.1 Å². The van der Waals surface area contributed by atoms with Gasteiger partial charge in [-0.15, -0.1) is 0 Å². The Labute approximate surface area is 159 Å². The molecule has 0 fully saturated rings. The van der Waals surface area contributed by atoms with Crippen LogP contribution >= 0.6 is 0 Å². The van der Waals surface area contributed by atoms with E-state index in [4.69, 9.17) is 5.26 Å². The highest BCUT2D eigenvalue weighted by Gasteiger charge is 2.13. The largest absolute Gasteiger partial charge is 0.355 e. The number of rotatable bonds is 6. The zero-order chi connectivity index (χ0) is 19.3. The molecular weight excluding hydrogens is 358 g/mol. The number of nitriles is 1. The predicted octanol–water partition coefficient (Wildman–Crippen LogP) is 4.67. The first kappa shape index (κ1) is 18.5. The number of benzene rings is 3. The molecule has 0 aliphatic rings. The van der Waals surface area contributed by atoms with Gasteiger partial charge in [-0.2, -0.15) is 5.26 Å². The molecule has 3 rings (SSSR count). The first-order chi connectivity index (χ1) is 13.0. The van der Waals surface area contributed by atoms with E-state index in [0.717, 1.165) is 23.4 Å². The number of anilines is 3. The molecule has 6 heteroatoms. The fraction of sp³-hybridized carbons (Fsp3) is 0.0952. The Hall–Kier alpha value is -3.30. The fourth-order valence-electron chi connectivity index (χ4n) is 2.57. The van der Waals surface area contributed by atoms with Crippen molar-refractivity contribution in [2.75, 3.05) is 10.0 Å². The maximum absolute atomic E-state index is 12.5. The molecule has 2 N–H and O–H groups in total. The van der Waals surface area contributed by atoms with E-state index in [1.54, 1.807) is 54.6 Å². The standard InChI is InChI=1S/C21H19N3O2S/c1-2-16-6-12-21(13-7-16)27(25,26)24-19-10-8-18(9-11-19)23-20-5-3-4-17(14-20)15-22/h3-14,23-24H,2H2,1H3. The second-order valence-electron chi connectivity index (χ2n) is 6.00. The van der Waals surface area contributed by atoms with E-state index in [1.807, 2.05) is 25.1 Å². The van der Waals surface area contributed by atoms with E-state index < -0.39 is 10.0 Å². The van der Waals surface area contributed by atoms with E-state index in [1.165, 1.54) is 0 Å². The van der Waals surface area contributed by atoms with E-state index in [2.05, 4.69) is 16.1 Å². The summed E-state index contributed by atoms with van der Waals surface area (Å²) < 4.78 is 27.6. The zero-order valence-corrected chi connectivity index (χ0v) is 15.6. The second-order valence-corrected chi connectivity index (χ2v) is 7.68. The van der Waals surface area contributed by atoms with Crippen LogP contribution in [0, 0.1) is 11.3 Å². The zero-order valence-electron chi connectivity index (χ0n) is 14.8. The minimum atomic E-state index is -3.63. The van der Waals surface area contributed by atoms with Crippen molar-refractivity contribution < 1.29 is 8.42 Å². The number of sulfonamides is 1. The Balaban J connectivity index is 1.72. The second kappa shape index (κ2) is 7.94. The van der Waals surface area contributed by atoms with E-state index in [-0.39, 0.29) is 4.90 Å². The maximum Gasteiger partial charge on any atom is 0.261 e. The first-order valence-corrected chi connectivity index (χ1v) is 9.97. The third-order valence-corrected chi connectivity index (χ3v) is 5.46. The molecule has 0 bridgehead atoms. The van der Waals surface area contributed by atoms with Crippen LogP contribution in [0.25, 0.3) is 0 Å². The minimum Gasteiger partial charge on any atom is -0.355 e. The molecule has 136 valence electrons. The summed E-state index contributed by atoms with van der Waals surface area (Å²) in [5, 5.41) is 12.1. The van der Waals surface area contributed by atoms with Gasteiger partial charge in [0.2, 0.25) is 0 Å². The van der Waals surface area contributed by atoms with Crippen molar-refractivity contribution >= 4 is 27.1 Å². The van der Waals surface area contributed by atoms with Gasteiger partial charge in [-0.05, 0) is 66.6 Å². The van der Waals surface area contributed by atoms with Crippen molar-refractivity contribution in [3.05, 3.63) is 83.9 Å². The molecule has 0 saturated carbocycles. The summed E-state index contributed by atoms with van der Waals surface area (Å²) in [4.78, 5) is 0.232. The van der Waals surface area contributed by atoms with Crippen molar-refractivity contribution in [3.63, 3.8) is 0 Å². The summed E-state index contributed by atoms with van der Waals surface area (Å²) in [6.45, 7) is 2.02. The maximum atomic E-state index is 12.5. The van der Waals surface area contributed by atoms with Gasteiger partial charge in [0.05, 0.1) is 16.5 Å². The highest BCUT2D eigenvalue weighted by atomic mass is 32.2. The SMILES string of the molecule is CCc1ccc(S(=O)(=O)Nc2ccc(Nc3cccc(C#N)c3)cc2)cc1. The molecule has 27 heavy (non-hydrogen) atoms. The van der Waals surface area contributed by atoms with Crippen LogP contribution in [-0.2, 0) is 16.4 Å². The van der Waals surface area contributed by atoms with Gasteiger partial charge in [-0.1, -0.05) is 25.1 Å². The number of aryl methyl sites for hydroxylation is 1. The highest BCUT2D eigenvalue weighted by molar-refractivity contribution is 7.92. The van der Waals surface area contributed by atoms with Crippen LogP contribution in [0.3, 0.4) is 0 Å². The molecule has 0 heterocycles. The van der Waals surface area contributed by atoms with Crippen molar-refractivity contribution in [1.29, 1.82) is 5.26 Å². The average Bonchev–Trinajstić information content (AvgIpc) is 2.69. The van der Waals surface area contributed by atoms with Crippen LogP contribution in [0.5, 0.6) is 0 Å². The summed E-state index contributed by atoms with van der Waals surface area (Å²) in [7, 11) is -3.63. The third kappa shape index (κ3) is 4.66. The van der Waals surface area contributed by atoms with Crippen molar-refractivity contribution in [1.82, 2.24) is 0 Å². The molecule has 0 spiro atoms. The highest BCUT2D eigenvalue weighted by Crippen LogP contribution is 2.22. The van der Waals surface area contributed by atoms with Crippen molar-refractivity contribution in [2.24, 2.45) is 0 Å². The predicted molar refractivity (Wildman–Crippen MR) is 108 cm³/mol. The van der Waals surface area contributed by atoms with Crippen LogP contribution in [0.15, 0.2) is 77.7 Å². The lowest BCUT2D eigenvalue weighted by molar-refractivity contribution is 0.601. The van der Waals surface area contributed by atoms with Gasteiger partial charge >= 0.3 is 0 Å². The minimum absolute atomic E-state index is 0.232. The third-order valence-electron chi connectivity index (χ3n) is 4.06. The lowest BCUT2D eigenvalue weighted by Gasteiger charge is -2.10. The van der Waals surface area contributed by atoms with Crippen LogP contribution in [0.1, 0.15) is 18.1 Å². The van der Waals surface area contributed by atoms with E-state index in [0.29, 0.717) is 11.3 Å². The molecule has 0 aromatic heterocycles. The van der Waals surface area contributed by atoms with Gasteiger partial charge in [-0.3, -0.25) is 4.72 Å². The molecule has 0 amide bonds. The van der Waals surface area contributed by atoms with E-state index in [9.17, 15) is 8.42 Å². The Morgan fingerprint density at radius 3 is 2.19 bits per heavy atom. The van der Waals surface area contributed by atoms with Gasteiger partial charge in [0.15, 0.2) is 0 Å². The van der Waals surface area contributed by atoms with Crippen molar-refractivity contribution in [2.45, 2.75) is 18.2 Å². The summed E-state index contributed by atoms with van der Waals surface area (Å²) in [5.74, 6) is 0.